The van der Waals surface area contributed by atoms with Gasteiger partial charge in [0.2, 0.25) is 17.4 Å². The van der Waals surface area contributed by atoms with Gasteiger partial charge in [-0.05, 0) is 48.9 Å². The summed E-state index contributed by atoms with van der Waals surface area (Å²) in [5.41, 5.74) is 1.22. The van der Waals surface area contributed by atoms with E-state index in [-0.39, 0.29) is 42.6 Å². The summed E-state index contributed by atoms with van der Waals surface area (Å²) in [6.07, 6.45) is 2.01. The van der Waals surface area contributed by atoms with Gasteiger partial charge in [-0.2, -0.15) is 5.26 Å². The molecule has 1 aliphatic carbocycles. The summed E-state index contributed by atoms with van der Waals surface area (Å²) in [5, 5.41) is 13.1. The van der Waals surface area contributed by atoms with Crippen molar-refractivity contribution in [1.29, 1.82) is 5.26 Å². The van der Waals surface area contributed by atoms with E-state index in [1.807, 2.05) is 6.07 Å². The lowest BCUT2D eigenvalue weighted by Crippen LogP contribution is -2.43. The van der Waals surface area contributed by atoms with Crippen LogP contribution in [0, 0.1) is 17.2 Å². The van der Waals surface area contributed by atoms with Crippen LogP contribution in [0.4, 0.5) is 5.69 Å². The maximum absolute atomic E-state index is 13.4. The number of carbonyl (C=O) groups is 3. The first-order valence-corrected chi connectivity index (χ1v) is 12.5. The molecule has 2 heterocycles. The summed E-state index contributed by atoms with van der Waals surface area (Å²) >= 11 is 0. The number of hydrogen-bond acceptors (Lipinski definition) is 6. The average Bonchev–Trinajstić information content (AvgIpc) is 3.61. The SMILES string of the molecule is CN(CC(=O)N1CC(C(=O)Nc2ccccc2)CC1C#N)C(=O)c1cc2ccc(=O)[nH]c2cc1OC1CC1. The third kappa shape index (κ3) is 5.37. The van der Waals surface area contributed by atoms with E-state index < -0.39 is 23.8 Å². The van der Waals surface area contributed by atoms with Crippen molar-refractivity contribution >= 4 is 34.3 Å². The number of carbonyl (C=O) groups excluding carboxylic acids is 3. The van der Waals surface area contributed by atoms with Gasteiger partial charge in [0.25, 0.3) is 5.91 Å². The summed E-state index contributed by atoms with van der Waals surface area (Å²) in [7, 11) is 1.51. The highest BCUT2D eigenvalue weighted by Gasteiger charge is 2.39. The Kier molecular flexibility index (Phi) is 6.83. The zero-order valence-corrected chi connectivity index (χ0v) is 20.8. The van der Waals surface area contributed by atoms with Crippen LogP contribution in [0.5, 0.6) is 5.75 Å². The van der Waals surface area contributed by atoms with E-state index in [9.17, 15) is 24.4 Å². The first-order valence-electron chi connectivity index (χ1n) is 12.5. The maximum atomic E-state index is 13.4. The molecule has 5 rings (SSSR count). The summed E-state index contributed by atoms with van der Waals surface area (Å²) < 4.78 is 5.95. The van der Waals surface area contributed by atoms with E-state index in [0.717, 1.165) is 12.8 Å². The van der Waals surface area contributed by atoms with Crippen LogP contribution in [0.1, 0.15) is 29.6 Å². The molecule has 0 radical (unpaired) electrons. The molecule has 2 fully saturated rings. The third-order valence-electron chi connectivity index (χ3n) is 6.77. The molecule has 0 spiro atoms. The van der Waals surface area contributed by atoms with Gasteiger partial charge < -0.3 is 24.8 Å². The lowest BCUT2D eigenvalue weighted by molar-refractivity contribution is -0.131. The molecule has 10 nitrogen and oxygen atoms in total. The lowest BCUT2D eigenvalue weighted by atomic mass is 10.1. The number of hydrogen-bond donors (Lipinski definition) is 2. The minimum atomic E-state index is -0.760. The molecular formula is C28H27N5O5. The fourth-order valence-electron chi connectivity index (χ4n) is 4.57. The topological polar surface area (TPSA) is 136 Å². The number of para-hydroxylation sites is 1. The second kappa shape index (κ2) is 10.4. The number of anilines is 1. The second-order valence-electron chi connectivity index (χ2n) is 9.72. The molecule has 194 valence electrons. The molecule has 38 heavy (non-hydrogen) atoms. The van der Waals surface area contributed by atoms with Gasteiger partial charge in [-0.1, -0.05) is 18.2 Å². The number of benzene rings is 2. The number of aromatic nitrogens is 1. The van der Waals surface area contributed by atoms with Gasteiger partial charge >= 0.3 is 0 Å². The summed E-state index contributed by atoms with van der Waals surface area (Å²) in [5.74, 6) is -1.29. The van der Waals surface area contributed by atoms with Crippen LogP contribution in [0.15, 0.2) is 59.4 Å². The molecular weight excluding hydrogens is 486 g/mol. The Morgan fingerprint density at radius 2 is 1.92 bits per heavy atom. The monoisotopic (exact) mass is 513 g/mol. The van der Waals surface area contributed by atoms with Crippen LogP contribution in [0.2, 0.25) is 0 Å². The number of nitrogens with zero attached hydrogens (tertiary/aromatic N) is 3. The van der Waals surface area contributed by atoms with Crippen molar-refractivity contribution < 1.29 is 19.1 Å². The Labute approximate surface area is 218 Å². The standard InChI is InChI=1S/C28H27N5O5/c1-32(28(37)22-12-17-7-10-25(34)31-23(17)13-24(22)38-21-8-9-21)16-26(35)33-15-18(11-20(33)14-29)27(36)30-19-5-3-2-4-6-19/h2-7,10,12-13,18,20-21H,8-9,11,15-16H2,1H3,(H,30,36)(H,31,34). The van der Waals surface area contributed by atoms with Gasteiger partial charge in [0.15, 0.2) is 0 Å². The van der Waals surface area contributed by atoms with E-state index in [4.69, 9.17) is 4.74 Å². The molecule has 2 N–H and O–H groups in total. The van der Waals surface area contributed by atoms with E-state index in [1.165, 1.54) is 22.9 Å². The highest BCUT2D eigenvalue weighted by molar-refractivity contribution is 6.02. The predicted octanol–water partition coefficient (Wildman–Crippen LogP) is 2.52. The normalized spacial score (nSPS) is 18.6. The predicted molar refractivity (Wildman–Crippen MR) is 139 cm³/mol. The Bertz CT molecular complexity index is 1490. The van der Waals surface area contributed by atoms with E-state index >= 15 is 0 Å². The average molecular weight is 514 g/mol. The molecule has 1 saturated heterocycles. The minimum absolute atomic E-state index is 0.0151. The molecule has 1 saturated carbocycles. The van der Waals surface area contributed by atoms with E-state index in [2.05, 4.69) is 16.4 Å². The molecule has 1 aliphatic heterocycles. The number of nitrogens with one attached hydrogen (secondary N) is 2. The first kappa shape index (κ1) is 25.0. The van der Waals surface area contributed by atoms with Gasteiger partial charge in [-0.3, -0.25) is 19.2 Å². The van der Waals surface area contributed by atoms with Gasteiger partial charge in [0, 0.05) is 31.4 Å². The lowest BCUT2D eigenvalue weighted by Gasteiger charge is -2.24. The van der Waals surface area contributed by atoms with Crippen LogP contribution < -0.4 is 15.6 Å². The highest BCUT2D eigenvalue weighted by Crippen LogP contribution is 2.32. The molecule has 3 amide bonds. The number of nitriles is 1. The molecule has 2 unspecified atom stereocenters. The number of aromatic amines is 1. The van der Waals surface area contributed by atoms with Crippen molar-refractivity contribution in [1.82, 2.24) is 14.8 Å². The molecule has 2 aromatic carbocycles. The Morgan fingerprint density at radius 1 is 1.16 bits per heavy atom. The van der Waals surface area contributed by atoms with Crippen LogP contribution in [-0.2, 0) is 9.59 Å². The van der Waals surface area contributed by atoms with E-state index in [0.29, 0.717) is 22.3 Å². The number of amides is 3. The number of ether oxygens (including phenoxy) is 1. The quantitative estimate of drug-likeness (QED) is 0.498. The zero-order valence-electron chi connectivity index (χ0n) is 20.8. The maximum Gasteiger partial charge on any atom is 0.257 e. The number of pyridine rings is 1. The number of H-pyrrole nitrogens is 1. The van der Waals surface area contributed by atoms with Crippen LogP contribution in [0.25, 0.3) is 10.9 Å². The Balaban J connectivity index is 1.29. The van der Waals surface area contributed by atoms with Crippen molar-refractivity contribution in [3.05, 3.63) is 70.5 Å². The van der Waals surface area contributed by atoms with Crippen LogP contribution in [0.3, 0.4) is 0 Å². The molecule has 0 bridgehead atoms. The summed E-state index contributed by atoms with van der Waals surface area (Å²) in [6, 6.07) is 16.6. The third-order valence-corrected chi connectivity index (χ3v) is 6.77. The molecule has 2 atom stereocenters. The van der Waals surface area contributed by atoms with Gasteiger partial charge in [-0.15, -0.1) is 0 Å². The van der Waals surface area contributed by atoms with Crippen molar-refractivity contribution in [3.63, 3.8) is 0 Å². The Hall–Kier alpha value is -4.65. The number of likely N-dealkylation sites (tertiary alicyclic amines) is 1. The smallest absolute Gasteiger partial charge is 0.257 e. The largest absolute Gasteiger partial charge is 0.490 e. The fraction of sp³-hybridized carbons (Fsp3) is 0.321. The Morgan fingerprint density at radius 3 is 2.63 bits per heavy atom. The van der Waals surface area contributed by atoms with Crippen molar-refractivity contribution in [2.45, 2.75) is 31.4 Å². The van der Waals surface area contributed by atoms with Crippen molar-refractivity contribution in [2.24, 2.45) is 5.92 Å². The van der Waals surface area contributed by atoms with Gasteiger partial charge in [0.1, 0.15) is 11.8 Å². The zero-order chi connectivity index (χ0) is 26.8. The van der Waals surface area contributed by atoms with Crippen molar-refractivity contribution in [2.75, 3.05) is 25.5 Å². The molecule has 2 aliphatic rings. The minimum Gasteiger partial charge on any atom is -0.490 e. The van der Waals surface area contributed by atoms with Crippen LogP contribution >= 0.6 is 0 Å². The number of rotatable bonds is 7. The number of likely N-dealkylation sites (N-methyl/N-ethyl adjacent to an activating group) is 1. The number of fused-ring (bicyclic) bond motifs is 1. The second-order valence-corrected chi connectivity index (χ2v) is 9.72. The fourth-order valence-corrected chi connectivity index (χ4v) is 4.57. The highest BCUT2D eigenvalue weighted by atomic mass is 16.5. The van der Waals surface area contributed by atoms with Gasteiger partial charge in [-0.25, -0.2) is 0 Å². The van der Waals surface area contributed by atoms with E-state index in [1.54, 1.807) is 42.5 Å². The summed E-state index contributed by atoms with van der Waals surface area (Å²) in [6.45, 7) is -0.173. The molecule has 3 aromatic rings. The first-order chi connectivity index (χ1) is 18.3. The van der Waals surface area contributed by atoms with Crippen molar-refractivity contribution in [3.8, 4) is 11.8 Å². The molecule has 10 heteroatoms. The van der Waals surface area contributed by atoms with Crippen LogP contribution in [-0.4, -0.2) is 64.8 Å². The van der Waals surface area contributed by atoms with Gasteiger partial charge in [0.05, 0.1) is 35.7 Å². The molecule has 1 aromatic heterocycles. The summed E-state index contributed by atoms with van der Waals surface area (Å²) in [4.78, 5) is 56.5.